The van der Waals surface area contributed by atoms with Gasteiger partial charge in [0.1, 0.15) is 6.33 Å². The van der Waals surface area contributed by atoms with E-state index in [4.69, 9.17) is 16.3 Å². The molecule has 112 valence electrons. The molecule has 3 rings (SSSR count). The number of benzene rings is 1. The minimum absolute atomic E-state index is 0.744. The van der Waals surface area contributed by atoms with E-state index in [2.05, 4.69) is 20.4 Å². The predicted molar refractivity (Wildman–Crippen MR) is 79.7 cm³/mol. The Bertz CT molecular complexity index is 569. The van der Waals surface area contributed by atoms with E-state index in [9.17, 15) is 0 Å². The molecule has 0 N–H and O–H groups in total. The highest BCUT2D eigenvalue weighted by atomic mass is 35.5. The molecule has 0 spiro atoms. The molecule has 0 aliphatic carbocycles. The van der Waals surface area contributed by atoms with Crippen molar-refractivity contribution in [3.8, 4) is 5.69 Å². The molecule has 1 aromatic heterocycles. The zero-order valence-electron chi connectivity index (χ0n) is 11.8. The first-order valence-electron chi connectivity index (χ1n) is 7.15. The Balaban J connectivity index is 1.65. The van der Waals surface area contributed by atoms with Crippen molar-refractivity contribution in [3.05, 3.63) is 35.1 Å². The molecule has 0 radical (unpaired) electrons. The number of halogens is 1. The van der Waals surface area contributed by atoms with Gasteiger partial charge in [0.25, 0.3) is 0 Å². The summed E-state index contributed by atoms with van der Waals surface area (Å²) >= 11 is 6.12. The van der Waals surface area contributed by atoms with Crippen molar-refractivity contribution < 1.29 is 4.74 Å². The minimum Gasteiger partial charge on any atom is -0.379 e. The van der Waals surface area contributed by atoms with Gasteiger partial charge in [-0.1, -0.05) is 11.6 Å². The number of ether oxygens (including phenoxy) is 1. The smallest absolute Gasteiger partial charge is 0.143 e. The SMILES string of the molecule is Clc1ccc(-n2cnnn2)c(CCCN2CCOCC2)c1. The Morgan fingerprint density at radius 1 is 1.24 bits per heavy atom. The fourth-order valence-corrected chi connectivity index (χ4v) is 2.76. The lowest BCUT2D eigenvalue weighted by Gasteiger charge is -2.26. The molecular weight excluding hydrogens is 290 g/mol. The number of hydrogen-bond donors (Lipinski definition) is 0. The van der Waals surface area contributed by atoms with Crippen LogP contribution >= 0.6 is 11.6 Å². The van der Waals surface area contributed by atoms with E-state index in [0.717, 1.165) is 56.4 Å². The van der Waals surface area contributed by atoms with E-state index in [1.165, 1.54) is 5.56 Å². The summed E-state index contributed by atoms with van der Waals surface area (Å²) in [7, 11) is 0. The van der Waals surface area contributed by atoms with Gasteiger partial charge in [-0.3, -0.25) is 4.90 Å². The van der Waals surface area contributed by atoms with E-state index in [-0.39, 0.29) is 0 Å². The quantitative estimate of drug-likeness (QED) is 0.839. The predicted octanol–water partition coefficient (Wildman–Crippen LogP) is 1.58. The minimum atomic E-state index is 0.744. The molecule has 6 nitrogen and oxygen atoms in total. The van der Waals surface area contributed by atoms with Gasteiger partial charge in [-0.05, 0) is 53.6 Å². The molecule has 0 saturated carbocycles. The van der Waals surface area contributed by atoms with Crippen LogP contribution < -0.4 is 0 Å². The Morgan fingerprint density at radius 3 is 2.86 bits per heavy atom. The Hall–Kier alpha value is -1.50. The third-order valence-corrected chi connectivity index (χ3v) is 3.90. The first-order chi connectivity index (χ1) is 10.3. The highest BCUT2D eigenvalue weighted by molar-refractivity contribution is 6.30. The third-order valence-electron chi connectivity index (χ3n) is 3.66. The molecule has 0 amide bonds. The van der Waals surface area contributed by atoms with Gasteiger partial charge in [0, 0.05) is 18.1 Å². The Labute approximate surface area is 128 Å². The van der Waals surface area contributed by atoms with Crippen LogP contribution in [0.3, 0.4) is 0 Å². The summed E-state index contributed by atoms with van der Waals surface area (Å²) in [5.74, 6) is 0. The number of hydrogen-bond acceptors (Lipinski definition) is 5. The number of aryl methyl sites for hydroxylation is 1. The summed E-state index contributed by atoms with van der Waals surface area (Å²) in [4.78, 5) is 2.44. The normalized spacial score (nSPS) is 16.2. The summed E-state index contributed by atoms with van der Waals surface area (Å²) in [6.07, 6.45) is 3.64. The second-order valence-electron chi connectivity index (χ2n) is 5.08. The zero-order chi connectivity index (χ0) is 14.5. The largest absolute Gasteiger partial charge is 0.379 e. The topological polar surface area (TPSA) is 56.1 Å². The van der Waals surface area contributed by atoms with Crippen molar-refractivity contribution in [2.75, 3.05) is 32.8 Å². The lowest BCUT2D eigenvalue weighted by atomic mass is 10.1. The van der Waals surface area contributed by atoms with Crippen LogP contribution in [-0.2, 0) is 11.2 Å². The van der Waals surface area contributed by atoms with E-state index >= 15 is 0 Å². The average Bonchev–Trinajstić information content (AvgIpc) is 3.03. The molecule has 0 unspecified atom stereocenters. The van der Waals surface area contributed by atoms with E-state index < -0.39 is 0 Å². The van der Waals surface area contributed by atoms with Gasteiger partial charge in [0.05, 0.1) is 18.9 Å². The fourth-order valence-electron chi connectivity index (χ4n) is 2.57. The van der Waals surface area contributed by atoms with Gasteiger partial charge < -0.3 is 4.74 Å². The fraction of sp³-hybridized carbons (Fsp3) is 0.500. The summed E-state index contributed by atoms with van der Waals surface area (Å²) in [6, 6.07) is 5.82. The molecule has 0 atom stereocenters. The van der Waals surface area contributed by atoms with Crippen molar-refractivity contribution in [1.29, 1.82) is 0 Å². The summed E-state index contributed by atoms with van der Waals surface area (Å²) < 4.78 is 7.04. The first kappa shape index (κ1) is 14.4. The van der Waals surface area contributed by atoms with Crippen molar-refractivity contribution in [2.45, 2.75) is 12.8 Å². The van der Waals surface area contributed by atoms with Crippen LogP contribution in [-0.4, -0.2) is 58.0 Å². The van der Waals surface area contributed by atoms with Gasteiger partial charge >= 0.3 is 0 Å². The van der Waals surface area contributed by atoms with Gasteiger partial charge in [0.2, 0.25) is 0 Å². The van der Waals surface area contributed by atoms with Crippen LogP contribution in [0.25, 0.3) is 5.69 Å². The Morgan fingerprint density at radius 2 is 2.10 bits per heavy atom. The lowest BCUT2D eigenvalue weighted by Crippen LogP contribution is -2.36. The lowest BCUT2D eigenvalue weighted by molar-refractivity contribution is 0.0374. The number of aromatic nitrogens is 4. The zero-order valence-corrected chi connectivity index (χ0v) is 12.5. The van der Waals surface area contributed by atoms with Crippen molar-refractivity contribution in [2.24, 2.45) is 0 Å². The van der Waals surface area contributed by atoms with Crippen LogP contribution in [0.4, 0.5) is 0 Å². The summed E-state index contributed by atoms with van der Waals surface area (Å²) in [5, 5.41) is 12.1. The second kappa shape index (κ2) is 6.98. The third kappa shape index (κ3) is 3.78. The maximum absolute atomic E-state index is 6.12. The van der Waals surface area contributed by atoms with E-state index in [1.807, 2.05) is 18.2 Å². The number of tetrazole rings is 1. The average molecular weight is 308 g/mol. The highest BCUT2D eigenvalue weighted by Gasteiger charge is 2.11. The molecule has 1 aliphatic rings. The monoisotopic (exact) mass is 307 g/mol. The van der Waals surface area contributed by atoms with Crippen molar-refractivity contribution >= 4 is 11.6 Å². The van der Waals surface area contributed by atoms with Gasteiger partial charge in [-0.2, -0.15) is 0 Å². The first-order valence-corrected chi connectivity index (χ1v) is 7.52. The second-order valence-corrected chi connectivity index (χ2v) is 5.52. The summed E-state index contributed by atoms with van der Waals surface area (Å²) in [6.45, 7) is 4.80. The molecule has 2 heterocycles. The maximum atomic E-state index is 6.12. The van der Waals surface area contributed by atoms with Crippen LogP contribution in [0.5, 0.6) is 0 Å². The van der Waals surface area contributed by atoms with Crippen LogP contribution in [0.15, 0.2) is 24.5 Å². The molecular formula is C14H18ClN5O. The van der Waals surface area contributed by atoms with Gasteiger partial charge in [-0.15, -0.1) is 5.10 Å². The standard InChI is InChI=1S/C14H18ClN5O/c15-13-3-4-14(20-11-16-17-18-20)12(10-13)2-1-5-19-6-8-21-9-7-19/h3-4,10-11H,1-2,5-9H2. The van der Waals surface area contributed by atoms with Crippen molar-refractivity contribution in [1.82, 2.24) is 25.1 Å². The molecule has 7 heteroatoms. The Kier molecular flexibility index (Phi) is 4.80. The maximum Gasteiger partial charge on any atom is 0.143 e. The molecule has 2 aromatic rings. The number of rotatable bonds is 5. The van der Waals surface area contributed by atoms with Gasteiger partial charge in [0.15, 0.2) is 0 Å². The molecule has 1 aliphatic heterocycles. The van der Waals surface area contributed by atoms with Gasteiger partial charge in [-0.25, -0.2) is 4.68 Å². The molecule has 1 saturated heterocycles. The van der Waals surface area contributed by atoms with E-state index in [1.54, 1.807) is 11.0 Å². The molecule has 0 bridgehead atoms. The molecule has 1 fully saturated rings. The van der Waals surface area contributed by atoms with Crippen molar-refractivity contribution in [3.63, 3.8) is 0 Å². The number of nitrogens with zero attached hydrogens (tertiary/aromatic N) is 5. The summed E-state index contributed by atoms with van der Waals surface area (Å²) in [5.41, 5.74) is 2.16. The van der Waals surface area contributed by atoms with E-state index in [0.29, 0.717) is 0 Å². The number of morpholine rings is 1. The van der Waals surface area contributed by atoms with Crippen LogP contribution in [0.2, 0.25) is 5.02 Å². The molecule has 1 aromatic carbocycles. The van der Waals surface area contributed by atoms with Crippen LogP contribution in [0.1, 0.15) is 12.0 Å². The molecule has 21 heavy (non-hydrogen) atoms. The highest BCUT2D eigenvalue weighted by Crippen LogP contribution is 2.20. The van der Waals surface area contributed by atoms with Crippen LogP contribution in [0, 0.1) is 0 Å².